The second-order valence-corrected chi connectivity index (χ2v) is 9.22. The molecule has 9 nitrogen and oxygen atoms in total. The van der Waals surface area contributed by atoms with Crippen LogP contribution >= 0.6 is 27.5 Å². The average molecular weight is 561 g/mol. The van der Waals surface area contributed by atoms with E-state index in [1.165, 1.54) is 4.68 Å². The van der Waals surface area contributed by atoms with E-state index in [0.717, 1.165) is 4.47 Å². The van der Waals surface area contributed by atoms with E-state index in [9.17, 15) is 19.5 Å². The number of aliphatic hydroxyl groups excluding tert-OH is 1. The van der Waals surface area contributed by atoms with Crippen LogP contribution in [0.25, 0.3) is 5.69 Å². The van der Waals surface area contributed by atoms with Crippen molar-refractivity contribution in [3.05, 3.63) is 86.2 Å². The zero-order chi connectivity index (χ0) is 24.9. The highest BCUT2D eigenvalue weighted by Crippen LogP contribution is 2.23. The summed E-state index contributed by atoms with van der Waals surface area (Å²) in [7, 11) is 0. The van der Waals surface area contributed by atoms with Gasteiger partial charge in [0.2, 0.25) is 5.91 Å². The Morgan fingerprint density at radius 1 is 1.09 bits per heavy atom. The molecule has 1 saturated heterocycles. The average Bonchev–Trinajstić information content (AvgIpc) is 2.89. The fraction of sp³-hybridized carbons (Fsp3) is 0.250. The largest absolute Gasteiger partial charge is 0.394 e. The molecule has 11 heteroatoms. The van der Waals surface area contributed by atoms with Gasteiger partial charge in [-0.2, -0.15) is 9.78 Å². The molecule has 0 saturated carbocycles. The van der Waals surface area contributed by atoms with Crippen molar-refractivity contribution < 1.29 is 14.7 Å². The van der Waals surface area contributed by atoms with Crippen molar-refractivity contribution in [3.63, 3.8) is 0 Å². The van der Waals surface area contributed by atoms with E-state index in [2.05, 4.69) is 26.3 Å². The van der Waals surface area contributed by atoms with E-state index in [4.69, 9.17) is 11.6 Å². The Morgan fingerprint density at radius 3 is 2.46 bits per heavy atom. The maximum Gasteiger partial charge on any atom is 0.292 e. The van der Waals surface area contributed by atoms with Crippen LogP contribution in [0.4, 0.5) is 5.69 Å². The summed E-state index contributed by atoms with van der Waals surface area (Å²) in [5, 5.41) is 16.7. The molecule has 0 bridgehead atoms. The molecule has 2 amide bonds. The minimum atomic E-state index is -1.06. The number of piperazine rings is 1. The normalized spacial score (nSPS) is 14.5. The molecular weight excluding hydrogens is 538 g/mol. The fourth-order valence-corrected chi connectivity index (χ4v) is 4.49. The van der Waals surface area contributed by atoms with Crippen LogP contribution in [0.5, 0.6) is 0 Å². The quantitative estimate of drug-likeness (QED) is 0.478. The van der Waals surface area contributed by atoms with Crippen molar-refractivity contribution in [2.24, 2.45) is 0 Å². The Hall–Kier alpha value is -3.21. The fourth-order valence-electron chi connectivity index (χ4n) is 3.84. The van der Waals surface area contributed by atoms with Crippen LogP contribution in [-0.4, -0.2) is 70.4 Å². The molecule has 0 aliphatic carbocycles. The maximum atomic E-state index is 13.0. The molecular formula is C24H23BrClN5O4. The minimum absolute atomic E-state index is 0.0538. The van der Waals surface area contributed by atoms with Crippen LogP contribution < -0.4 is 15.8 Å². The predicted octanol–water partition coefficient (Wildman–Crippen LogP) is 2.09. The van der Waals surface area contributed by atoms with Crippen LogP contribution in [0.2, 0.25) is 5.02 Å². The van der Waals surface area contributed by atoms with Gasteiger partial charge in [0.25, 0.3) is 11.5 Å². The number of hydrogen-bond donors (Lipinski definition) is 2. The van der Waals surface area contributed by atoms with Gasteiger partial charge in [-0.05, 0) is 30.3 Å². The molecule has 182 valence electrons. The number of rotatable bonds is 6. The number of halogens is 2. The van der Waals surface area contributed by atoms with Crippen LogP contribution in [-0.2, 0) is 4.79 Å². The summed E-state index contributed by atoms with van der Waals surface area (Å²) in [6, 6.07) is 14.7. The number of hydrogen-bond acceptors (Lipinski definition) is 6. The van der Waals surface area contributed by atoms with Crippen molar-refractivity contribution in [1.29, 1.82) is 0 Å². The molecule has 2 N–H and O–H groups in total. The van der Waals surface area contributed by atoms with Crippen molar-refractivity contribution in [2.45, 2.75) is 6.04 Å². The van der Waals surface area contributed by atoms with Gasteiger partial charge >= 0.3 is 0 Å². The Morgan fingerprint density at radius 2 is 1.80 bits per heavy atom. The molecule has 1 atom stereocenters. The molecule has 0 spiro atoms. The number of benzene rings is 2. The molecule has 1 aliphatic heterocycles. The number of nitrogens with one attached hydrogen (secondary N) is 1. The second kappa shape index (κ2) is 11.0. The maximum absolute atomic E-state index is 13.0. The molecule has 1 unspecified atom stereocenters. The van der Waals surface area contributed by atoms with Gasteiger partial charge in [0.05, 0.1) is 24.2 Å². The number of carbonyl (C=O) groups excluding carboxylic acids is 2. The number of carbonyl (C=O) groups is 2. The number of para-hydroxylation sites is 1. The minimum Gasteiger partial charge on any atom is -0.394 e. The molecule has 1 fully saturated rings. The number of aliphatic hydroxyl groups is 1. The summed E-state index contributed by atoms with van der Waals surface area (Å²) in [4.78, 5) is 41.7. The van der Waals surface area contributed by atoms with Gasteiger partial charge in [0.15, 0.2) is 0 Å². The van der Waals surface area contributed by atoms with Gasteiger partial charge in [-0.3, -0.25) is 14.4 Å². The first-order chi connectivity index (χ1) is 16.9. The third-order valence-corrected chi connectivity index (χ3v) is 6.55. The number of nitrogens with zero attached hydrogens (tertiary/aromatic N) is 4. The lowest BCUT2D eigenvalue weighted by atomic mass is 10.1. The lowest BCUT2D eigenvalue weighted by Gasteiger charge is -2.37. The summed E-state index contributed by atoms with van der Waals surface area (Å²) in [5.74, 6) is -0.826. The van der Waals surface area contributed by atoms with E-state index in [-0.39, 0.29) is 10.9 Å². The molecule has 3 aromatic rings. The highest BCUT2D eigenvalue weighted by atomic mass is 79.9. The zero-order valence-corrected chi connectivity index (χ0v) is 20.9. The summed E-state index contributed by atoms with van der Waals surface area (Å²) in [5.41, 5.74) is 1.06. The van der Waals surface area contributed by atoms with E-state index >= 15 is 0 Å². The second-order valence-electron chi connectivity index (χ2n) is 7.93. The van der Waals surface area contributed by atoms with Crippen molar-refractivity contribution in [2.75, 3.05) is 37.7 Å². The smallest absolute Gasteiger partial charge is 0.292 e. The van der Waals surface area contributed by atoms with E-state index in [1.54, 1.807) is 47.5 Å². The SMILES string of the molecule is O=C(NC(CO)C(=O)N1CCN(c2cnn(-c3ccccc3)c(=O)c2Cl)CC1)c1cccc(Br)c1. The van der Waals surface area contributed by atoms with Gasteiger partial charge in [-0.25, -0.2) is 0 Å². The first-order valence-corrected chi connectivity index (χ1v) is 12.1. The molecule has 1 aromatic heterocycles. The zero-order valence-electron chi connectivity index (χ0n) is 18.6. The summed E-state index contributed by atoms with van der Waals surface area (Å²) < 4.78 is 1.98. The van der Waals surface area contributed by atoms with Crippen LogP contribution in [0.15, 0.2) is 70.1 Å². The standard InChI is InChI=1S/C24H23BrClN5O4/c25-17-6-4-5-16(13-17)22(33)28-19(15-32)23(34)30-11-9-29(10-12-30)20-14-27-31(24(35)21(20)26)18-7-2-1-3-8-18/h1-8,13-14,19,32H,9-12,15H2,(H,28,33). The molecule has 35 heavy (non-hydrogen) atoms. The van der Waals surface area contributed by atoms with Gasteiger partial charge in [0, 0.05) is 36.2 Å². The highest BCUT2D eigenvalue weighted by Gasteiger charge is 2.29. The summed E-state index contributed by atoms with van der Waals surface area (Å²) in [6.45, 7) is 0.978. The molecule has 4 rings (SSSR count). The van der Waals surface area contributed by atoms with Gasteiger partial charge in [0.1, 0.15) is 11.1 Å². The lowest BCUT2D eigenvalue weighted by Crippen LogP contribution is -2.56. The molecule has 1 aliphatic rings. The Balaban J connectivity index is 1.40. The Labute approximate surface area is 215 Å². The molecule has 0 radical (unpaired) electrons. The first-order valence-electron chi connectivity index (χ1n) is 10.9. The van der Waals surface area contributed by atoms with Crippen LogP contribution in [0, 0.1) is 0 Å². The highest BCUT2D eigenvalue weighted by molar-refractivity contribution is 9.10. The van der Waals surface area contributed by atoms with Crippen molar-refractivity contribution in [1.82, 2.24) is 20.0 Å². The number of anilines is 1. The first kappa shape index (κ1) is 24.9. The van der Waals surface area contributed by atoms with Gasteiger partial charge in [-0.15, -0.1) is 0 Å². The third-order valence-electron chi connectivity index (χ3n) is 5.71. The lowest BCUT2D eigenvalue weighted by molar-refractivity contribution is -0.134. The Kier molecular flexibility index (Phi) is 7.84. The summed E-state index contributed by atoms with van der Waals surface area (Å²) in [6.07, 6.45) is 1.54. The predicted molar refractivity (Wildman–Crippen MR) is 136 cm³/mol. The summed E-state index contributed by atoms with van der Waals surface area (Å²) >= 11 is 9.71. The van der Waals surface area contributed by atoms with Crippen LogP contribution in [0.1, 0.15) is 10.4 Å². The third kappa shape index (κ3) is 5.55. The topological polar surface area (TPSA) is 108 Å². The van der Waals surface area contributed by atoms with E-state index in [1.807, 2.05) is 23.1 Å². The van der Waals surface area contributed by atoms with Gasteiger partial charge in [-0.1, -0.05) is 51.8 Å². The van der Waals surface area contributed by atoms with Crippen molar-refractivity contribution >= 4 is 45.0 Å². The van der Waals surface area contributed by atoms with E-state index in [0.29, 0.717) is 43.1 Å². The van der Waals surface area contributed by atoms with Crippen molar-refractivity contribution in [3.8, 4) is 5.69 Å². The molecule has 2 aromatic carbocycles. The number of amides is 2. The molecule has 2 heterocycles. The van der Waals surface area contributed by atoms with E-state index < -0.39 is 24.1 Å². The van der Waals surface area contributed by atoms with Gasteiger partial charge < -0.3 is 20.2 Å². The number of aromatic nitrogens is 2. The van der Waals surface area contributed by atoms with Crippen LogP contribution in [0.3, 0.4) is 0 Å². The Bertz CT molecular complexity index is 1280. The monoisotopic (exact) mass is 559 g/mol.